The van der Waals surface area contributed by atoms with Crippen LogP contribution in [0.4, 0.5) is 5.13 Å². The van der Waals surface area contributed by atoms with Crippen LogP contribution in [0.2, 0.25) is 0 Å². The van der Waals surface area contributed by atoms with Crippen molar-refractivity contribution in [3.05, 3.63) is 11.1 Å². The summed E-state index contributed by atoms with van der Waals surface area (Å²) in [4.78, 5) is 7.16. The summed E-state index contributed by atoms with van der Waals surface area (Å²) in [5.41, 5.74) is 1.29. The number of aromatic nitrogens is 1. The van der Waals surface area contributed by atoms with Gasteiger partial charge in [-0.1, -0.05) is 0 Å². The van der Waals surface area contributed by atoms with E-state index in [1.807, 2.05) is 0 Å². The van der Waals surface area contributed by atoms with Crippen LogP contribution in [-0.2, 0) is 11.3 Å². The van der Waals surface area contributed by atoms with E-state index in [1.54, 1.807) is 11.3 Å². The molecule has 106 valence electrons. The molecule has 5 heteroatoms. The molecule has 1 aromatic heterocycles. The van der Waals surface area contributed by atoms with Gasteiger partial charge in [-0.05, 0) is 33.6 Å². The largest absolute Gasteiger partial charge is 0.371 e. The van der Waals surface area contributed by atoms with E-state index in [2.05, 4.69) is 36.4 Å². The summed E-state index contributed by atoms with van der Waals surface area (Å²) in [6.07, 6.45) is 3.29. The summed E-state index contributed by atoms with van der Waals surface area (Å²) < 4.78 is 5.87. The van der Waals surface area contributed by atoms with Gasteiger partial charge in [-0.2, -0.15) is 0 Å². The van der Waals surface area contributed by atoms with Crippen LogP contribution in [0.25, 0.3) is 0 Å². The minimum absolute atomic E-state index is 0.141. The molecule has 2 aliphatic rings. The Morgan fingerprint density at radius 3 is 2.68 bits per heavy atom. The number of anilines is 1. The Bertz CT molecular complexity index is 428. The normalized spacial score (nSPS) is 27.0. The van der Waals surface area contributed by atoms with Crippen molar-refractivity contribution < 1.29 is 4.74 Å². The van der Waals surface area contributed by atoms with Crippen LogP contribution in [0.5, 0.6) is 0 Å². The molecule has 19 heavy (non-hydrogen) atoms. The molecule has 1 N–H and O–H groups in total. The summed E-state index contributed by atoms with van der Waals surface area (Å²) >= 11 is 1.76. The minimum atomic E-state index is 0.141. The Balaban J connectivity index is 1.61. The monoisotopic (exact) mass is 281 g/mol. The summed E-state index contributed by atoms with van der Waals surface area (Å²) in [6.45, 7) is 9.41. The van der Waals surface area contributed by atoms with E-state index in [9.17, 15) is 0 Å². The van der Waals surface area contributed by atoms with E-state index in [-0.39, 0.29) is 5.54 Å². The van der Waals surface area contributed by atoms with Gasteiger partial charge in [0.2, 0.25) is 0 Å². The lowest BCUT2D eigenvalue weighted by molar-refractivity contribution is 0.0305. The van der Waals surface area contributed by atoms with E-state index in [0.29, 0.717) is 12.2 Å². The van der Waals surface area contributed by atoms with Gasteiger partial charge in [0.15, 0.2) is 5.13 Å². The third-order valence-corrected chi connectivity index (χ3v) is 4.60. The van der Waals surface area contributed by atoms with Gasteiger partial charge in [0.05, 0.1) is 17.9 Å². The molecule has 0 amide bonds. The average molecular weight is 281 g/mol. The van der Waals surface area contributed by atoms with Crippen LogP contribution in [-0.4, -0.2) is 35.8 Å². The number of nitrogens with zero attached hydrogens (tertiary/aromatic N) is 2. The van der Waals surface area contributed by atoms with E-state index < -0.39 is 0 Å². The number of thiazole rings is 1. The molecule has 2 bridgehead atoms. The van der Waals surface area contributed by atoms with Gasteiger partial charge < -0.3 is 15.0 Å². The fourth-order valence-electron chi connectivity index (χ4n) is 2.65. The topological polar surface area (TPSA) is 37.4 Å². The Morgan fingerprint density at radius 2 is 2.05 bits per heavy atom. The second-order valence-electron chi connectivity index (χ2n) is 6.59. The van der Waals surface area contributed by atoms with Gasteiger partial charge in [-0.25, -0.2) is 4.98 Å². The lowest BCUT2D eigenvalue weighted by atomic mass is 10.1. The number of rotatable bonds is 3. The first-order valence-corrected chi connectivity index (χ1v) is 7.97. The molecule has 1 aromatic rings. The lowest BCUT2D eigenvalue weighted by Crippen LogP contribution is -2.42. The van der Waals surface area contributed by atoms with Crippen LogP contribution in [0.1, 0.15) is 39.3 Å². The predicted octanol–water partition coefficient (Wildman–Crippen LogP) is 2.40. The van der Waals surface area contributed by atoms with E-state index in [0.717, 1.165) is 30.5 Å². The predicted molar refractivity (Wildman–Crippen MR) is 78.8 cm³/mol. The standard InChI is InChI=1S/C14H23N3OS/c1-14(2,3)15-6-10-9-19-13(16-10)17-7-11-4-5-12(8-17)18-11/h9,11-12,15H,4-8H2,1-3H3. The first kappa shape index (κ1) is 13.3. The molecule has 0 aliphatic carbocycles. The second-order valence-corrected chi connectivity index (χ2v) is 7.42. The summed E-state index contributed by atoms with van der Waals surface area (Å²) in [5.74, 6) is 0. The molecule has 2 unspecified atom stereocenters. The zero-order valence-corrected chi connectivity index (χ0v) is 12.8. The zero-order valence-electron chi connectivity index (χ0n) is 12.0. The molecule has 0 saturated carbocycles. The van der Waals surface area contributed by atoms with Crippen LogP contribution >= 0.6 is 11.3 Å². The molecule has 2 fully saturated rings. The van der Waals surface area contributed by atoms with Crippen molar-refractivity contribution in [3.63, 3.8) is 0 Å². The Hall–Kier alpha value is -0.650. The molecule has 0 radical (unpaired) electrons. The molecular formula is C14H23N3OS. The maximum absolute atomic E-state index is 5.87. The van der Waals surface area contributed by atoms with Gasteiger partial charge in [-0.3, -0.25) is 0 Å². The molecule has 3 rings (SSSR count). The number of morpholine rings is 1. The SMILES string of the molecule is CC(C)(C)NCc1csc(N2CC3CCC(C2)O3)n1. The molecular weight excluding hydrogens is 258 g/mol. The maximum Gasteiger partial charge on any atom is 0.185 e. The molecule has 4 nitrogen and oxygen atoms in total. The van der Waals surface area contributed by atoms with Crippen molar-refractivity contribution in [3.8, 4) is 0 Å². The van der Waals surface area contributed by atoms with Gasteiger partial charge in [0.1, 0.15) is 0 Å². The minimum Gasteiger partial charge on any atom is -0.371 e. The first-order valence-electron chi connectivity index (χ1n) is 7.09. The molecule has 2 atom stereocenters. The van der Waals surface area contributed by atoms with Gasteiger partial charge in [-0.15, -0.1) is 11.3 Å². The third kappa shape index (κ3) is 3.27. The number of fused-ring (bicyclic) bond motifs is 2. The first-order chi connectivity index (χ1) is 8.99. The summed E-state index contributed by atoms with van der Waals surface area (Å²) in [7, 11) is 0. The molecule has 2 aliphatic heterocycles. The van der Waals surface area contributed by atoms with Crippen molar-refractivity contribution >= 4 is 16.5 Å². The Labute approximate surface area is 119 Å². The highest BCUT2D eigenvalue weighted by atomic mass is 32.1. The van der Waals surface area contributed by atoms with Gasteiger partial charge in [0, 0.05) is 30.6 Å². The highest BCUT2D eigenvalue weighted by Crippen LogP contribution is 2.31. The van der Waals surface area contributed by atoms with Crippen LogP contribution in [0.15, 0.2) is 5.38 Å². The van der Waals surface area contributed by atoms with Gasteiger partial charge in [0.25, 0.3) is 0 Å². The van der Waals surface area contributed by atoms with E-state index >= 15 is 0 Å². The summed E-state index contributed by atoms with van der Waals surface area (Å²) in [5, 5.41) is 6.82. The van der Waals surface area contributed by atoms with Crippen molar-refractivity contribution in [1.82, 2.24) is 10.3 Å². The number of hydrogen-bond acceptors (Lipinski definition) is 5. The Kier molecular flexibility index (Phi) is 3.53. The smallest absolute Gasteiger partial charge is 0.185 e. The van der Waals surface area contributed by atoms with Crippen LogP contribution < -0.4 is 10.2 Å². The fourth-order valence-corrected chi connectivity index (χ4v) is 3.50. The van der Waals surface area contributed by atoms with Crippen molar-refractivity contribution in [2.45, 2.75) is 57.9 Å². The number of nitrogens with one attached hydrogen (secondary N) is 1. The van der Waals surface area contributed by atoms with E-state index in [1.165, 1.54) is 12.8 Å². The highest BCUT2D eigenvalue weighted by Gasteiger charge is 2.34. The molecule has 3 heterocycles. The number of hydrogen-bond donors (Lipinski definition) is 1. The molecule has 0 aromatic carbocycles. The van der Waals surface area contributed by atoms with Crippen molar-refractivity contribution in [1.29, 1.82) is 0 Å². The third-order valence-electron chi connectivity index (χ3n) is 3.65. The fraction of sp³-hybridized carbons (Fsp3) is 0.786. The van der Waals surface area contributed by atoms with Gasteiger partial charge >= 0.3 is 0 Å². The maximum atomic E-state index is 5.87. The van der Waals surface area contributed by atoms with Crippen molar-refractivity contribution in [2.24, 2.45) is 0 Å². The molecule has 2 saturated heterocycles. The zero-order chi connectivity index (χ0) is 13.5. The summed E-state index contributed by atoms with van der Waals surface area (Å²) in [6, 6.07) is 0. The van der Waals surface area contributed by atoms with Crippen LogP contribution in [0, 0.1) is 0 Å². The van der Waals surface area contributed by atoms with Crippen molar-refractivity contribution in [2.75, 3.05) is 18.0 Å². The Morgan fingerprint density at radius 1 is 1.37 bits per heavy atom. The van der Waals surface area contributed by atoms with Crippen LogP contribution in [0.3, 0.4) is 0 Å². The number of ether oxygens (including phenoxy) is 1. The second kappa shape index (κ2) is 5.04. The lowest BCUT2D eigenvalue weighted by Gasteiger charge is -2.31. The van der Waals surface area contributed by atoms with E-state index in [4.69, 9.17) is 9.72 Å². The highest BCUT2D eigenvalue weighted by molar-refractivity contribution is 7.13. The average Bonchev–Trinajstić information content (AvgIpc) is 2.93. The molecule has 0 spiro atoms. The quantitative estimate of drug-likeness (QED) is 0.923.